The van der Waals surface area contributed by atoms with E-state index in [1.54, 1.807) is 14.0 Å². The largest absolute Gasteiger partial charge is 0.493 e. The third kappa shape index (κ3) is 5.92. The first kappa shape index (κ1) is 24.3. The molecule has 0 amide bonds. The quantitative estimate of drug-likeness (QED) is 0.410. The number of ether oxygens (including phenoxy) is 3. The van der Waals surface area contributed by atoms with Crippen LogP contribution in [-0.4, -0.2) is 35.3 Å². The molecule has 1 heterocycles. The lowest BCUT2D eigenvalue weighted by Crippen LogP contribution is -2.39. The molecule has 0 aliphatic heterocycles. The van der Waals surface area contributed by atoms with Gasteiger partial charge in [0, 0.05) is 23.6 Å². The van der Waals surface area contributed by atoms with Gasteiger partial charge in [-0.15, -0.1) is 0 Å². The zero-order valence-electron chi connectivity index (χ0n) is 20.5. The second-order valence-electron chi connectivity index (χ2n) is 9.27. The SMILES string of the molecule is CCOC(=O)C(C)(C)CC(C)(C)Oc1cc(Nc2nc(C)nc3ccccc23)ccc1OC. The average molecular weight is 452 g/mol. The van der Waals surface area contributed by atoms with Crippen molar-refractivity contribution in [2.75, 3.05) is 19.0 Å². The maximum absolute atomic E-state index is 12.4. The number of hydrogen-bond acceptors (Lipinski definition) is 7. The van der Waals surface area contributed by atoms with Crippen LogP contribution in [0.2, 0.25) is 0 Å². The van der Waals surface area contributed by atoms with Gasteiger partial charge in [-0.2, -0.15) is 0 Å². The number of benzene rings is 2. The summed E-state index contributed by atoms with van der Waals surface area (Å²) in [4.78, 5) is 21.5. The molecule has 0 unspecified atom stereocenters. The minimum atomic E-state index is -0.694. The lowest BCUT2D eigenvalue weighted by molar-refractivity contribution is -0.156. The number of aromatic nitrogens is 2. The van der Waals surface area contributed by atoms with Crippen LogP contribution >= 0.6 is 0 Å². The van der Waals surface area contributed by atoms with Crippen molar-refractivity contribution in [1.82, 2.24) is 9.97 Å². The van der Waals surface area contributed by atoms with Gasteiger partial charge in [-0.25, -0.2) is 9.97 Å². The highest BCUT2D eigenvalue weighted by Gasteiger charge is 2.37. The number of fused-ring (bicyclic) bond motifs is 1. The van der Waals surface area contributed by atoms with Gasteiger partial charge >= 0.3 is 5.97 Å². The Morgan fingerprint density at radius 1 is 1.03 bits per heavy atom. The molecule has 3 rings (SSSR count). The van der Waals surface area contributed by atoms with E-state index in [0.29, 0.717) is 30.4 Å². The van der Waals surface area contributed by atoms with Crippen molar-refractivity contribution in [1.29, 1.82) is 0 Å². The number of nitrogens with one attached hydrogen (secondary N) is 1. The van der Waals surface area contributed by atoms with Crippen LogP contribution in [0.5, 0.6) is 11.5 Å². The third-order valence-corrected chi connectivity index (χ3v) is 5.22. The van der Waals surface area contributed by atoms with Crippen LogP contribution < -0.4 is 14.8 Å². The third-order valence-electron chi connectivity index (χ3n) is 5.22. The Balaban J connectivity index is 1.88. The number of carbonyl (C=O) groups is 1. The van der Waals surface area contributed by atoms with Crippen molar-refractivity contribution in [2.24, 2.45) is 5.41 Å². The summed E-state index contributed by atoms with van der Waals surface area (Å²) in [7, 11) is 1.60. The summed E-state index contributed by atoms with van der Waals surface area (Å²) in [5, 5.41) is 4.32. The predicted octanol–water partition coefficient (Wildman–Crippen LogP) is 5.83. The smallest absolute Gasteiger partial charge is 0.311 e. The number of hydrogen-bond donors (Lipinski definition) is 1. The number of anilines is 2. The first-order valence-electron chi connectivity index (χ1n) is 11.1. The van der Waals surface area contributed by atoms with E-state index in [1.165, 1.54) is 0 Å². The fourth-order valence-electron chi connectivity index (χ4n) is 4.06. The highest BCUT2D eigenvalue weighted by atomic mass is 16.5. The van der Waals surface area contributed by atoms with Gasteiger partial charge in [0.15, 0.2) is 11.5 Å². The van der Waals surface area contributed by atoms with Gasteiger partial charge in [-0.1, -0.05) is 12.1 Å². The molecule has 0 aliphatic carbocycles. The molecule has 1 N–H and O–H groups in total. The molecule has 2 aromatic carbocycles. The van der Waals surface area contributed by atoms with Crippen LogP contribution in [0.3, 0.4) is 0 Å². The molecule has 0 bridgehead atoms. The Morgan fingerprint density at radius 3 is 2.45 bits per heavy atom. The van der Waals surface area contributed by atoms with E-state index in [1.807, 2.05) is 77.1 Å². The topological polar surface area (TPSA) is 82.6 Å². The van der Waals surface area contributed by atoms with Gasteiger partial charge in [-0.05, 0) is 65.8 Å². The number of nitrogens with zero attached hydrogens (tertiary/aromatic N) is 2. The molecule has 3 aromatic rings. The zero-order chi connectivity index (χ0) is 24.2. The summed E-state index contributed by atoms with van der Waals surface area (Å²) in [6, 6.07) is 13.5. The molecule has 0 saturated carbocycles. The van der Waals surface area contributed by atoms with Gasteiger partial charge in [-0.3, -0.25) is 4.79 Å². The molecule has 176 valence electrons. The molecule has 0 spiro atoms. The van der Waals surface area contributed by atoms with Gasteiger partial charge in [0.1, 0.15) is 17.2 Å². The van der Waals surface area contributed by atoms with Crippen molar-refractivity contribution in [2.45, 2.75) is 53.6 Å². The first-order valence-corrected chi connectivity index (χ1v) is 11.1. The van der Waals surface area contributed by atoms with Crippen LogP contribution in [0.4, 0.5) is 11.5 Å². The number of carbonyl (C=O) groups excluding carboxylic acids is 1. The van der Waals surface area contributed by atoms with E-state index in [-0.39, 0.29) is 5.97 Å². The summed E-state index contributed by atoms with van der Waals surface area (Å²) in [5.41, 5.74) is 0.328. The molecular formula is C26H33N3O4. The molecule has 0 saturated heterocycles. The van der Waals surface area contributed by atoms with Crippen molar-refractivity contribution in [3.05, 3.63) is 48.3 Å². The zero-order valence-corrected chi connectivity index (χ0v) is 20.5. The number of rotatable bonds is 9. The standard InChI is InChI=1S/C26H33N3O4/c1-8-32-24(30)25(3,4)16-26(5,6)33-22-15-18(13-14-21(22)31-7)29-23-19-11-9-10-12-20(19)27-17(2)28-23/h9-15H,8,16H2,1-7H3,(H,27,28,29). The fraction of sp³-hybridized carbons (Fsp3) is 0.423. The molecule has 0 fully saturated rings. The molecule has 1 aromatic heterocycles. The minimum absolute atomic E-state index is 0.241. The van der Waals surface area contributed by atoms with Gasteiger partial charge in [0.05, 0.1) is 24.6 Å². The summed E-state index contributed by atoms with van der Waals surface area (Å²) in [6.45, 7) is 11.7. The Hall–Kier alpha value is -3.35. The van der Waals surface area contributed by atoms with E-state index >= 15 is 0 Å². The van der Waals surface area contributed by atoms with Crippen LogP contribution in [0.15, 0.2) is 42.5 Å². The Morgan fingerprint density at radius 2 is 1.76 bits per heavy atom. The highest BCUT2D eigenvalue weighted by molar-refractivity contribution is 5.90. The van der Waals surface area contributed by atoms with Gasteiger partial charge in [0.2, 0.25) is 0 Å². The molecule has 7 heteroatoms. The highest BCUT2D eigenvalue weighted by Crippen LogP contribution is 2.38. The average Bonchev–Trinajstić information content (AvgIpc) is 2.73. The van der Waals surface area contributed by atoms with Crippen LogP contribution in [0.1, 0.15) is 46.9 Å². The van der Waals surface area contributed by atoms with E-state index in [0.717, 1.165) is 22.4 Å². The predicted molar refractivity (Wildman–Crippen MR) is 130 cm³/mol. The number of aryl methyl sites for hydroxylation is 1. The monoisotopic (exact) mass is 451 g/mol. The van der Waals surface area contributed by atoms with Crippen molar-refractivity contribution in [3.63, 3.8) is 0 Å². The maximum Gasteiger partial charge on any atom is 0.311 e. The van der Waals surface area contributed by atoms with Crippen LogP contribution in [0, 0.1) is 12.3 Å². The Kier molecular flexibility index (Phi) is 7.10. The molecule has 7 nitrogen and oxygen atoms in total. The maximum atomic E-state index is 12.4. The molecule has 33 heavy (non-hydrogen) atoms. The van der Waals surface area contributed by atoms with Crippen LogP contribution in [-0.2, 0) is 9.53 Å². The first-order chi connectivity index (χ1) is 15.5. The minimum Gasteiger partial charge on any atom is -0.493 e. The lowest BCUT2D eigenvalue weighted by Gasteiger charge is -2.34. The van der Waals surface area contributed by atoms with E-state index in [4.69, 9.17) is 14.2 Å². The lowest BCUT2D eigenvalue weighted by atomic mass is 9.81. The second-order valence-corrected chi connectivity index (χ2v) is 9.27. The summed E-state index contributed by atoms with van der Waals surface area (Å²) < 4.78 is 17.1. The molecule has 0 atom stereocenters. The van der Waals surface area contributed by atoms with Gasteiger partial charge in [0.25, 0.3) is 0 Å². The normalized spacial score (nSPS) is 11.8. The second kappa shape index (κ2) is 9.65. The number of methoxy groups -OCH3 is 1. The molecular weight excluding hydrogens is 418 g/mol. The van der Waals surface area contributed by atoms with E-state index in [9.17, 15) is 4.79 Å². The summed E-state index contributed by atoms with van der Waals surface area (Å²) in [5.74, 6) is 2.34. The Labute approximate surface area is 195 Å². The van der Waals surface area contributed by atoms with Crippen molar-refractivity contribution >= 4 is 28.4 Å². The van der Waals surface area contributed by atoms with Gasteiger partial charge < -0.3 is 19.5 Å². The van der Waals surface area contributed by atoms with E-state index in [2.05, 4.69) is 15.3 Å². The summed E-state index contributed by atoms with van der Waals surface area (Å²) >= 11 is 0. The number of para-hydroxylation sites is 1. The van der Waals surface area contributed by atoms with Crippen molar-refractivity contribution in [3.8, 4) is 11.5 Å². The van der Waals surface area contributed by atoms with Crippen molar-refractivity contribution < 1.29 is 19.0 Å². The Bertz CT molecular complexity index is 1140. The number of esters is 1. The molecule has 0 aliphatic rings. The summed E-state index contributed by atoms with van der Waals surface area (Å²) in [6.07, 6.45) is 0.468. The molecule has 0 radical (unpaired) electrons. The van der Waals surface area contributed by atoms with E-state index < -0.39 is 11.0 Å². The van der Waals surface area contributed by atoms with Crippen LogP contribution in [0.25, 0.3) is 10.9 Å². The fourth-order valence-corrected chi connectivity index (χ4v) is 4.06.